The van der Waals surface area contributed by atoms with Crippen molar-refractivity contribution in [2.45, 2.75) is 38.3 Å². The highest BCUT2D eigenvalue weighted by molar-refractivity contribution is 5.92. The monoisotopic (exact) mass is 223 g/mol. The Morgan fingerprint density at radius 1 is 1.62 bits per heavy atom. The second-order valence-electron chi connectivity index (χ2n) is 4.90. The molecule has 88 valence electrons. The molecule has 1 unspecified atom stereocenters. The second kappa shape index (κ2) is 3.94. The molecule has 1 fully saturated rings. The fourth-order valence-electron chi connectivity index (χ4n) is 2.10. The number of carbonyl (C=O) groups excluding carboxylic acids is 1. The molecule has 0 spiro atoms. The molecule has 0 bridgehead atoms. The van der Waals surface area contributed by atoms with Crippen LogP contribution >= 0.6 is 0 Å². The Kier molecular flexibility index (Phi) is 2.76. The van der Waals surface area contributed by atoms with Gasteiger partial charge in [0.1, 0.15) is 0 Å². The molecule has 0 aliphatic carbocycles. The van der Waals surface area contributed by atoms with E-state index in [4.69, 9.17) is 4.42 Å². The Bertz CT molecular complexity index is 370. The Balaban J connectivity index is 2.21. The molecule has 2 rings (SSSR count). The number of piperidine rings is 1. The molecule has 0 radical (unpaired) electrons. The van der Waals surface area contributed by atoms with Gasteiger partial charge in [-0.15, -0.1) is 0 Å². The quantitative estimate of drug-likeness (QED) is 0.787. The molecule has 1 aliphatic heterocycles. The smallest absolute Gasteiger partial charge is 0.290 e. The van der Waals surface area contributed by atoms with E-state index in [1.165, 1.54) is 6.26 Å². The first-order valence-electron chi connectivity index (χ1n) is 5.54. The third-order valence-corrected chi connectivity index (χ3v) is 3.19. The van der Waals surface area contributed by atoms with Gasteiger partial charge in [0.05, 0.1) is 12.4 Å². The van der Waals surface area contributed by atoms with Crippen molar-refractivity contribution >= 4 is 5.91 Å². The van der Waals surface area contributed by atoms with Gasteiger partial charge in [0, 0.05) is 12.1 Å². The summed E-state index contributed by atoms with van der Waals surface area (Å²) in [5.74, 6) is 0.191. The van der Waals surface area contributed by atoms with E-state index in [9.17, 15) is 9.90 Å². The fraction of sp³-hybridized carbons (Fsp3) is 0.583. The van der Waals surface area contributed by atoms with Crippen molar-refractivity contribution < 1.29 is 14.3 Å². The van der Waals surface area contributed by atoms with Crippen LogP contribution in [-0.2, 0) is 0 Å². The topological polar surface area (TPSA) is 53.7 Å². The van der Waals surface area contributed by atoms with E-state index in [-0.39, 0.29) is 11.4 Å². The van der Waals surface area contributed by atoms with Crippen LogP contribution in [0.25, 0.3) is 0 Å². The highest BCUT2D eigenvalue weighted by Gasteiger charge is 2.37. The number of carbonyl (C=O) groups is 1. The molecular weight excluding hydrogens is 206 g/mol. The van der Waals surface area contributed by atoms with Crippen molar-refractivity contribution in [3.05, 3.63) is 24.2 Å². The third kappa shape index (κ3) is 1.97. The number of aliphatic hydroxyl groups is 1. The highest BCUT2D eigenvalue weighted by atomic mass is 16.3. The molecule has 0 aromatic carbocycles. The number of aliphatic hydroxyl groups excluding tert-OH is 1. The molecule has 1 saturated heterocycles. The van der Waals surface area contributed by atoms with Crippen molar-refractivity contribution in [3.8, 4) is 0 Å². The number of amides is 1. The minimum Gasteiger partial charge on any atom is -0.459 e. The highest BCUT2D eigenvalue weighted by Crippen LogP contribution is 2.29. The minimum absolute atomic E-state index is 0.145. The lowest BCUT2D eigenvalue weighted by atomic mass is 9.89. The van der Waals surface area contributed by atoms with Gasteiger partial charge in [-0.1, -0.05) is 0 Å². The molecule has 1 aliphatic rings. The Labute approximate surface area is 94.9 Å². The van der Waals surface area contributed by atoms with Crippen LogP contribution in [0.4, 0.5) is 0 Å². The maximum Gasteiger partial charge on any atom is 0.290 e. The third-order valence-electron chi connectivity index (χ3n) is 3.19. The lowest BCUT2D eigenvalue weighted by molar-refractivity contribution is -0.000389. The van der Waals surface area contributed by atoms with E-state index in [0.717, 1.165) is 12.8 Å². The molecule has 16 heavy (non-hydrogen) atoms. The van der Waals surface area contributed by atoms with E-state index >= 15 is 0 Å². The Hall–Kier alpha value is -1.29. The van der Waals surface area contributed by atoms with Crippen LogP contribution in [0.5, 0.6) is 0 Å². The number of hydrogen-bond donors (Lipinski definition) is 1. The summed E-state index contributed by atoms with van der Waals surface area (Å²) >= 11 is 0. The van der Waals surface area contributed by atoms with Crippen LogP contribution in [0.2, 0.25) is 0 Å². The molecule has 1 aromatic rings. The summed E-state index contributed by atoms with van der Waals surface area (Å²) in [6.45, 7) is 4.41. The van der Waals surface area contributed by atoms with Gasteiger partial charge in [-0.05, 0) is 38.8 Å². The number of β-amino-alcohol motifs (C(OH)–C–C–N with tert-alkyl or cyclic N) is 1. The first-order chi connectivity index (χ1) is 7.50. The van der Waals surface area contributed by atoms with Gasteiger partial charge in [-0.2, -0.15) is 0 Å². The summed E-state index contributed by atoms with van der Waals surface area (Å²) in [7, 11) is 0. The average molecular weight is 223 g/mol. The van der Waals surface area contributed by atoms with E-state index in [0.29, 0.717) is 12.3 Å². The van der Waals surface area contributed by atoms with Crippen molar-refractivity contribution in [3.63, 3.8) is 0 Å². The van der Waals surface area contributed by atoms with Crippen molar-refractivity contribution in [2.75, 3.05) is 6.54 Å². The molecule has 0 saturated carbocycles. The van der Waals surface area contributed by atoms with Crippen LogP contribution < -0.4 is 0 Å². The molecule has 1 N–H and O–H groups in total. The van der Waals surface area contributed by atoms with E-state index in [1.807, 2.05) is 13.8 Å². The first kappa shape index (κ1) is 11.2. The molecule has 2 heterocycles. The number of furan rings is 1. The number of rotatable bonds is 1. The zero-order valence-electron chi connectivity index (χ0n) is 9.64. The maximum atomic E-state index is 12.1. The molecular formula is C12H17NO3. The maximum absolute atomic E-state index is 12.1. The summed E-state index contributed by atoms with van der Waals surface area (Å²) in [5.41, 5.74) is -0.219. The molecule has 1 amide bonds. The summed E-state index contributed by atoms with van der Waals surface area (Å²) in [5, 5.41) is 9.63. The molecule has 4 heteroatoms. The summed E-state index contributed by atoms with van der Waals surface area (Å²) < 4.78 is 5.10. The van der Waals surface area contributed by atoms with Crippen molar-refractivity contribution in [1.82, 2.24) is 4.90 Å². The lowest BCUT2D eigenvalue weighted by Gasteiger charge is -2.43. The van der Waals surface area contributed by atoms with Gasteiger partial charge in [-0.3, -0.25) is 4.79 Å². The number of likely N-dealkylation sites (tertiary alicyclic amines) is 1. The van der Waals surface area contributed by atoms with E-state index in [1.54, 1.807) is 17.0 Å². The Morgan fingerprint density at radius 2 is 2.38 bits per heavy atom. The SMILES string of the molecule is CC1(C)CCC(O)CN1C(=O)c1ccco1. The van der Waals surface area contributed by atoms with E-state index < -0.39 is 6.10 Å². The van der Waals surface area contributed by atoms with Gasteiger partial charge in [-0.25, -0.2) is 0 Å². The number of hydrogen-bond acceptors (Lipinski definition) is 3. The number of nitrogens with zero attached hydrogens (tertiary/aromatic N) is 1. The summed E-state index contributed by atoms with van der Waals surface area (Å²) in [6, 6.07) is 3.35. The average Bonchev–Trinajstić information content (AvgIpc) is 2.74. The van der Waals surface area contributed by atoms with Gasteiger partial charge >= 0.3 is 0 Å². The predicted octanol–water partition coefficient (Wildman–Crippen LogP) is 1.66. The molecule has 4 nitrogen and oxygen atoms in total. The zero-order chi connectivity index (χ0) is 11.8. The largest absolute Gasteiger partial charge is 0.459 e. The van der Waals surface area contributed by atoms with Crippen molar-refractivity contribution in [2.24, 2.45) is 0 Å². The zero-order valence-corrected chi connectivity index (χ0v) is 9.64. The Morgan fingerprint density at radius 3 is 3.00 bits per heavy atom. The lowest BCUT2D eigenvalue weighted by Crippen LogP contribution is -2.54. The van der Waals surface area contributed by atoms with Gasteiger partial charge in [0.2, 0.25) is 0 Å². The minimum atomic E-state index is -0.424. The van der Waals surface area contributed by atoms with Crippen LogP contribution in [0.3, 0.4) is 0 Å². The van der Waals surface area contributed by atoms with Crippen LogP contribution in [0.1, 0.15) is 37.2 Å². The first-order valence-corrected chi connectivity index (χ1v) is 5.54. The van der Waals surface area contributed by atoms with E-state index in [2.05, 4.69) is 0 Å². The van der Waals surface area contributed by atoms with Crippen molar-refractivity contribution in [1.29, 1.82) is 0 Å². The normalized spacial score (nSPS) is 24.4. The fourth-order valence-corrected chi connectivity index (χ4v) is 2.10. The predicted molar refractivity (Wildman–Crippen MR) is 59.1 cm³/mol. The van der Waals surface area contributed by atoms with Gasteiger partial charge in [0.15, 0.2) is 5.76 Å². The van der Waals surface area contributed by atoms with Crippen LogP contribution in [0.15, 0.2) is 22.8 Å². The molecule has 1 atom stereocenters. The second-order valence-corrected chi connectivity index (χ2v) is 4.90. The summed E-state index contributed by atoms with van der Waals surface area (Å²) in [4.78, 5) is 13.8. The van der Waals surface area contributed by atoms with Crippen LogP contribution in [0, 0.1) is 0 Å². The van der Waals surface area contributed by atoms with Gasteiger partial charge in [0.25, 0.3) is 5.91 Å². The summed E-state index contributed by atoms with van der Waals surface area (Å²) in [6.07, 6.45) is 2.61. The van der Waals surface area contributed by atoms with Crippen LogP contribution in [-0.4, -0.2) is 34.1 Å². The molecule has 1 aromatic heterocycles. The van der Waals surface area contributed by atoms with Gasteiger partial charge < -0.3 is 14.4 Å². The standard InChI is InChI=1S/C12H17NO3/c1-12(2)6-5-9(14)8-13(12)11(15)10-4-3-7-16-10/h3-4,7,9,14H,5-6,8H2,1-2H3.